The summed E-state index contributed by atoms with van der Waals surface area (Å²) >= 11 is 3.38. The molecule has 0 amide bonds. The molecule has 4 rings (SSSR count). The Bertz CT molecular complexity index is 1430. The normalized spacial score (nSPS) is 14.0. The first kappa shape index (κ1) is 30.5. The van der Waals surface area contributed by atoms with Gasteiger partial charge in [-0.3, -0.25) is 4.79 Å². The van der Waals surface area contributed by atoms with E-state index < -0.39 is 24.5 Å². The molecule has 0 atom stereocenters. The molecule has 3 aromatic rings. The van der Waals surface area contributed by atoms with Gasteiger partial charge in [0.05, 0.1) is 43.5 Å². The van der Waals surface area contributed by atoms with Gasteiger partial charge >= 0.3 is 13.1 Å². The summed E-state index contributed by atoms with van der Waals surface area (Å²) in [7, 11) is -0.868. The van der Waals surface area contributed by atoms with Crippen LogP contribution in [0, 0.1) is 17.1 Å². The molecule has 0 aliphatic carbocycles. The molecule has 0 saturated carbocycles. The van der Waals surface area contributed by atoms with Gasteiger partial charge in [-0.05, 0) is 97.1 Å². The molecule has 8 nitrogen and oxygen atoms in total. The average molecular weight is 624 g/mol. The molecule has 1 aromatic heterocycles. The molecular formula is C30H32BBrFN3O5. The Kier molecular flexibility index (Phi) is 10.4. The molecule has 2 heterocycles. The van der Waals surface area contributed by atoms with Crippen LogP contribution in [0.15, 0.2) is 53.1 Å². The largest absolute Gasteiger partial charge is 0.497 e. The van der Waals surface area contributed by atoms with Crippen molar-refractivity contribution in [3.05, 3.63) is 81.2 Å². The standard InChI is InChI=1S/C30H32BBrFN3O5/c1-4-38-29(37)15-23-14-25(33)24(31-40-19-30(2,3)41-31)16-26(23)39-12-6-7-21-13-20(17-34)10-11-22(21)18-35-28-9-5-8-27(32)36-28/h5,8-11,13-14,16H,4,6-7,12,15,18-19H2,1-3H3,(H,35,36). The molecular weight excluding hydrogens is 592 g/mol. The zero-order valence-corrected chi connectivity index (χ0v) is 24.9. The Morgan fingerprint density at radius 1 is 1.22 bits per heavy atom. The van der Waals surface area contributed by atoms with Gasteiger partial charge in [-0.1, -0.05) is 12.1 Å². The molecule has 1 aliphatic heterocycles. The molecule has 1 aliphatic rings. The van der Waals surface area contributed by atoms with E-state index in [1.165, 1.54) is 6.07 Å². The van der Waals surface area contributed by atoms with E-state index in [4.69, 9.17) is 18.8 Å². The van der Waals surface area contributed by atoms with Gasteiger partial charge in [0.25, 0.3) is 0 Å². The average Bonchev–Trinajstić information content (AvgIpc) is 3.30. The zero-order chi connectivity index (χ0) is 29.4. The number of aromatic nitrogens is 1. The SMILES string of the molecule is CCOC(=O)Cc1cc(F)c(B2OCC(C)(C)O2)cc1OCCCc1cc(C#N)ccc1CNc1cccc(Br)n1. The number of esters is 1. The summed E-state index contributed by atoms with van der Waals surface area (Å²) in [5.74, 6) is 0.103. The number of aryl methyl sites for hydroxylation is 1. The minimum absolute atomic E-state index is 0.123. The Balaban J connectivity index is 1.46. The third kappa shape index (κ3) is 8.52. The maximum absolute atomic E-state index is 15.1. The van der Waals surface area contributed by atoms with Gasteiger partial charge in [-0.2, -0.15) is 5.26 Å². The summed E-state index contributed by atoms with van der Waals surface area (Å²) in [6.07, 6.45) is 1.14. The number of halogens is 2. The minimum atomic E-state index is -0.868. The number of rotatable bonds is 12. The number of nitrogens with one attached hydrogen (secondary N) is 1. The fourth-order valence-electron chi connectivity index (χ4n) is 4.46. The highest BCUT2D eigenvalue weighted by molar-refractivity contribution is 9.10. The highest BCUT2D eigenvalue weighted by Gasteiger charge is 2.40. The number of ether oxygens (including phenoxy) is 2. The van der Waals surface area contributed by atoms with E-state index in [1.807, 2.05) is 44.2 Å². The Morgan fingerprint density at radius 3 is 2.76 bits per heavy atom. The number of carbonyl (C=O) groups excluding carboxylic acids is 1. The van der Waals surface area contributed by atoms with E-state index in [0.717, 1.165) is 21.5 Å². The van der Waals surface area contributed by atoms with Crippen molar-refractivity contribution in [3.8, 4) is 11.8 Å². The fraction of sp³-hybridized carbons (Fsp3) is 0.367. The molecule has 1 fully saturated rings. The van der Waals surface area contributed by atoms with Crippen molar-refractivity contribution in [1.82, 2.24) is 4.98 Å². The topological polar surface area (TPSA) is 103 Å². The molecule has 0 spiro atoms. The van der Waals surface area contributed by atoms with Crippen molar-refractivity contribution in [1.29, 1.82) is 5.26 Å². The molecule has 0 unspecified atom stereocenters. The first-order valence-electron chi connectivity index (χ1n) is 13.5. The molecule has 1 saturated heterocycles. The second-order valence-corrected chi connectivity index (χ2v) is 11.0. The van der Waals surface area contributed by atoms with Crippen LogP contribution in [0.1, 0.15) is 49.4 Å². The van der Waals surface area contributed by atoms with Crippen LogP contribution < -0.4 is 15.5 Å². The molecule has 214 valence electrons. The molecule has 0 radical (unpaired) electrons. The lowest BCUT2D eigenvalue weighted by Crippen LogP contribution is -2.37. The number of pyridine rings is 1. The molecule has 2 aromatic carbocycles. The highest BCUT2D eigenvalue weighted by Crippen LogP contribution is 2.25. The summed E-state index contributed by atoms with van der Waals surface area (Å²) in [5.41, 5.74) is 2.69. The summed E-state index contributed by atoms with van der Waals surface area (Å²) < 4.78 is 38.6. The fourth-order valence-corrected chi connectivity index (χ4v) is 4.80. The van der Waals surface area contributed by atoms with Crippen molar-refractivity contribution in [2.24, 2.45) is 0 Å². The van der Waals surface area contributed by atoms with E-state index in [-0.39, 0.29) is 18.5 Å². The van der Waals surface area contributed by atoms with Crippen LogP contribution in [0.5, 0.6) is 5.75 Å². The number of carbonyl (C=O) groups is 1. The lowest BCUT2D eigenvalue weighted by molar-refractivity contribution is -0.142. The van der Waals surface area contributed by atoms with Gasteiger partial charge in [-0.25, -0.2) is 9.37 Å². The van der Waals surface area contributed by atoms with E-state index in [2.05, 4.69) is 32.3 Å². The third-order valence-corrected chi connectivity index (χ3v) is 6.88. The predicted molar refractivity (Wildman–Crippen MR) is 157 cm³/mol. The monoisotopic (exact) mass is 623 g/mol. The predicted octanol–water partition coefficient (Wildman–Crippen LogP) is 5.10. The van der Waals surface area contributed by atoms with Crippen molar-refractivity contribution in [3.63, 3.8) is 0 Å². The second kappa shape index (κ2) is 13.9. The van der Waals surface area contributed by atoms with E-state index in [1.54, 1.807) is 19.1 Å². The molecule has 0 bridgehead atoms. The number of hydrogen-bond acceptors (Lipinski definition) is 8. The van der Waals surface area contributed by atoms with Crippen molar-refractivity contribution in [2.75, 3.05) is 25.1 Å². The first-order valence-corrected chi connectivity index (χ1v) is 14.2. The number of nitriles is 1. The second-order valence-electron chi connectivity index (χ2n) is 10.2. The highest BCUT2D eigenvalue weighted by atomic mass is 79.9. The van der Waals surface area contributed by atoms with Crippen LogP contribution in [0.3, 0.4) is 0 Å². The lowest BCUT2D eigenvalue weighted by Gasteiger charge is -2.17. The van der Waals surface area contributed by atoms with E-state index in [9.17, 15) is 10.1 Å². The van der Waals surface area contributed by atoms with E-state index in [0.29, 0.717) is 49.5 Å². The van der Waals surface area contributed by atoms with Crippen LogP contribution in [-0.2, 0) is 38.2 Å². The molecule has 1 N–H and O–H groups in total. The number of hydrogen-bond donors (Lipinski definition) is 1. The summed E-state index contributed by atoms with van der Waals surface area (Å²) in [6, 6.07) is 16.3. The van der Waals surface area contributed by atoms with Crippen molar-refractivity contribution >= 4 is 40.3 Å². The summed E-state index contributed by atoms with van der Waals surface area (Å²) in [5, 5.41) is 12.7. The van der Waals surface area contributed by atoms with Crippen LogP contribution in [0.4, 0.5) is 10.2 Å². The van der Waals surface area contributed by atoms with Crippen LogP contribution in [-0.4, -0.2) is 43.5 Å². The Labute approximate surface area is 248 Å². The maximum Gasteiger partial charge on any atom is 0.497 e. The Hall–Kier alpha value is -3.46. The van der Waals surface area contributed by atoms with Gasteiger partial charge < -0.3 is 24.1 Å². The van der Waals surface area contributed by atoms with Crippen LogP contribution in [0.2, 0.25) is 0 Å². The van der Waals surface area contributed by atoms with Gasteiger partial charge in [0.1, 0.15) is 22.0 Å². The first-order chi connectivity index (χ1) is 19.7. The Morgan fingerprint density at radius 2 is 2.05 bits per heavy atom. The molecule has 11 heteroatoms. The maximum atomic E-state index is 15.1. The third-order valence-electron chi connectivity index (χ3n) is 6.44. The van der Waals surface area contributed by atoms with Gasteiger partial charge in [0.2, 0.25) is 0 Å². The summed E-state index contributed by atoms with van der Waals surface area (Å²) in [6.45, 7) is 6.86. The zero-order valence-electron chi connectivity index (χ0n) is 23.3. The number of nitrogens with zero attached hydrogens (tertiary/aromatic N) is 2. The van der Waals surface area contributed by atoms with Crippen molar-refractivity contribution in [2.45, 2.75) is 52.2 Å². The smallest absolute Gasteiger partial charge is 0.493 e. The van der Waals surface area contributed by atoms with Crippen molar-refractivity contribution < 1.29 is 28.0 Å². The van der Waals surface area contributed by atoms with Crippen LogP contribution in [0.25, 0.3) is 0 Å². The lowest BCUT2D eigenvalue weighted by atomic mass is 9.78. The van der Waals surface area contributed by atoms with E-state index >= 15 is 4.39 Å². The number of benzene rings is 2. The van der Waals surface area contributed by atoms with Gasteiger partial charge in [0.15, 0.2) is 0 Å². The quantitative estimate of drug-likeness (QED) is 0.129. The molecule has 41 heavy (non-hydrogen) atoms. The number of anilines is 1. The van der Waals surface area contributed by atoms with Gasteiger partial charge in [0, 0.05) is 17.6 Å². The van der Waals surface area contributed by atoms with Gasteiger partial charge in [-0.15, -0.1) is 0 Å². The summed E-state index contributed by atoms with van der Waals surface area (Å²) in [4.78, 5) is 16.6. The van der Waals surface area contributed by atoms with Crippen LogP contribution >= 0.6 is 15.9 Å². The minimum Gasteiger partial charge on any atom is -0.493 e.